The predicted molar refractivity (Wildman–Crippen MR) is 127 cm³/mol. The van der Waals surface area contributed by atoms with Crippen LogP contribution in [0.5, 0.6) is 5.75 Å². The molecule has 0 aliphatic carbocycles. The summed E-state index contributed by atoms with van der Waals surface area (Å²) in [6, 6.07) is 9.53. The van der Waals surface area contributed by atoms with E-state index in [1.54, 1.807) is 0 Å². The number of benzene rings is 2. The highest BCUT2D eigenvalue weighted by Crippen LogP contribution is 2.47. The minimum atomic E-state index is -1.17. The molecular weight excluding hydrogens is 428 g/mol. The van der Waals surface area contributed by atoms with Crippen LogP contribution in [0.15, 0.2) is 30.3 Å². The summed E-state index contributed by atoms with van der Waals surface area (Å²) < 4.78 is 11.8. The summed E-state index contributed by atoms with van der Waals surface area (Å²) in [6.45, 7) is 10.6. The van der Waals surface area contributed by atoms with E-state index in [1.807, 2.05) is 65.0 Å². The summed E-state index contributed by atoms with van der Waals surface area (Å²) in [6.07, 6.45) is -1.17. The molecule has 0 fully saturated rings. The normalized spacial score (nSPS) is 14.4. The molecule has 2 N–H and O–H groups in total. The number of hydrogen-bond donors (Lipinski definition) is 2. The Morgan fingerprint density at radius 1 is 1.25 bits per heavy atom. The number of carboxylic acid groups (broad SMARTS) is 1. The number of pyridine rings is 1. The number of hydrogen-bond acceptors (Lipinski definition) is 5. The third kappa shape index (κ3) is 4.12. The molecule has 1 aliphatic rings. The highest BCUT2D eigenvalue weighted by molar-refractivity contribution is 6.37. The van der Waals surface area contributed by atoms with Crippen LogP contribution in [0.3, 0.4) is 0 Å². The largest absolute Gasteiger partial charge is 0.490 e. The van der Waals surface area contributed by atoms with Gasteiger partial charge >= 0.3 is 5.97 Å². The monoisotopic (exact) mass is 454 g/mol. The minimum Gasteiger partial charge on any atom is -0.490 e. The molecule has 168 valence electrons. The molecule has 3 aromatic rings. The molecule has 0 unspecified atom stereocenters. The molecular formula is C25H27ClN2O4. The van der Waals surface area contributed by atoms with Crippen LogP contribution in [-0.2, 0) is 9.53 Å². The van der Waals surface area contributed by atoms with Crippen LogP contribution >= 0.6 is 11.6 Å². The van der Waals surface area contributed by atoms with E-state index in [4.69, 9.17) is 21.1 Å². The summed E-state index contributed by atoms with van der Waals surface area (Å²) in [5.74, 6) is -0.377. The standard InChI is InChI=1S/C25H27ClN2O4/c1-13-12-17-15(7-6-14(2)28-17)20(19(13)23(24(29)30)32-25(3,4)5)16-8-9-18-22(21(16)26)27-10-11-31-18/h6-9,12,23,27H,10-11H2,1-5H3,(H,29,30)/t23-/m0/s1. The van der Waals surface area contributed by atoms with Gasteiger partial charge in [-0.05, 0) is 70.0 Å². The Hall–Kier alpha value is -2.83. The third-order valence-corrected chi connectivity index (χ3v) is 5.77. The van der Waals surface area contributed by atoms with Gasteiger partial charge in [0.2, 0.25) is 0 Å². The van der Waals surface area contributed by atoms with Crippen molar-refractivity contribution < 1.29 is 19.4 Å². The number of carbonyl (C=O) groups is 1. The Morgan fingerprint density at radius 3 is 2.69 bits per heavy atom. The van der Waals surface area contributed by atoms with Crippen LogP contribution in [0.1, 0.15) is 43.7 Å². The number of nitrogens with zero attached hydrogens (tertiary/aromatic N) is 1. The highest BCUT2D eigenvalue weighted by atomic mass is 35.5. The summed E-state index contributed by atoms with van der Waals surface area (Å²) in [5, 5.41) is 14.8. The summed E-state index contributed by atoms with van der Waals surface area (Å²) in [7, 11) is 0. The molecule has 1 atom stereocenters. The number of ether oxygens (including phenoxy) is 2. The SMILES string of the molecule is Cc1ccc2c(-c3ccc4c(c3Cl)NCCO4)c([C@H](OC(C)(C)C)C(=O)O)c(C)cc2n1. The van der Waals surface area contributed by atoms with Gasteiger partial charge in [-0.1, -0.05) is 17.7 Å². The number of halogens is 1. The number of carboxylic acids is 1. The van der Waals surface area contributed by atoms with Gasteiger partial charge in [0, 0.05) is 28.8 Å². The van der Waals surface area contributed by atoms with E-state index in [1.165, 1.54) is 0 Å². The second kappa shape index (κ2) is 8.26. The molecule has 7 heteroatoms. The fourth-order valence-corrected chi connectivity index (χ4v) is 4.43. The van der Waals surface area contributed by atoms with E-state index >= 15 is 0 Å². The maximum Gasteiger partial charge on any atom is 0.337 e. The number of aryl methyl sites for hydroxylation is 2. The fourth-order valence-electron chi connectivity index (χ4n) is 4.11. The molecule has 0 saturated carbocycles. The van der Waals surface area contributed by atoms with Gasteiger partial charge in [0.25, 0.3) is 0 Å². The first-order valence-corrected chi connectivity index (χ1v) is 11.0. The van der Waals surface area contributed by atoms with Gasteiger partial charge in [0.05, 0.1) is 21.8 Å². The number of fused-ring (bicyclic) bond motifs is 2. The summed E-state index contributed by atoms with van der Waals surface area (Å²) in [4.78, 5) is 17.1. The first kappa shape index (κ1) is 22.4. The topological polar surface area (TPSA) is 80.7 Å². The lowest BCUT2D eigenvalue weighted by molar-refractivity contribution is -0.160. The van der Waals surface area contributed by atoms with E-state index < -0.39 is 17.7 Å². The molecule has 0 saturated heterocycles. The maximum atomic E-state index is 12.4. The van der Waals surface area contributed by atoms with Crippen LogP contribution in [0.25, 0.3) is 22.0 Å². The Bertz CT molecular complexity index is 1220. The van der Waals surface area contributed by atoms with Crippen molar-refractivity contribution in [2.24, 2.45) is 0 Å². The lowest BCUT2D eigenvalue weighted by Crippen LogP contribution is -2.28. The van der Waals surface area contributed by atoms with Crippen molar-refractivity contribution in [3.8, 4) is 16.9 Å². The molecule has 0 spiro atoms. The molecule has 4 rings (SSSR count). The maximum absolute atomic E-state index is 12.4. The van der Waals surface area contributed by atoms with Crippen molar-refractivity contribution in [2.45, 2.75) is 46.3 Å². The van der Waals surface area contributed by atoms with E-state index in [0.717, 1.165) is 22.2 Å². The Kier molecular flexibility index (Phi) is 5.77. The van der Waals surface area contributed by atoms with E-state index in [0.29, 0.717) is 46.3 Å². The van der Waals surface area contributed by atoms with Crippen molar-refractivity contribution >= 4 is 34.2 Å². The Morgan fingerprint density at radius 2 is 2.00 bits per heavy atom. The van der Waals surface area contributed by atoms with Gasteiger partial charge in [-0.15, -0.1) is 0 Å². The van der Waals surface area contributed by atoms with Crippen LogP contribution in [0.4, 0.5) is 5.69 Å². The molecule has 1 aromatic heterocycles. The average Bonchev–Trinajstić information content (AvgIpc) is 2.71. The average molecular weight is 455 g/mol. The van der Waals surface area contributed by atoms with E-state index in [9.17, 15) is 9.90 Å². The molecule has 0 amide bonds. The molecule has 0 bridgehead atoms. The molecule has 2 aromatic carbocycles. The van der Waals surface area contributed by atoms with E-state index in [-0.39, 0.29) is 0 Å². The van der Waals surface area contributed by atoms with Crippen molar-refractivity contribution in [3.05, 3.63) is 52.2 Å². The van der Waals surface area contributed by atoms with Crippen molar-refractivity contribution in [3.63, 3.8) is 0 Å². The second-order valence-corrected chi connectivity index (χ2v) is 9.40. The zero-order valence-electron chi connectivity index (χ0n) is 18.9. The van der Waals surface area contributed by atoms with Gasteiger partial charge in [-0.2, -0.15) is 0 Å². The summed E-state index contributed by atoms with van der Waals surface area (Å²) in [5.41, 5.74) is 4.47. The minimum absolute atomic E-state index is 0.482. The van der Waals surface area contributed by atoms with Gasteiger partial charge in [-0.25, -0.2) is 4.79 Å². The quantitative estimate of drug-likeness (QED) is 0.509. The fraction of sp³-hybridized carbons (Fsp3) is 0.360. The van der Waals surface area contributed by atoms with E-state index in [2.05, 4.69) is 10.3 Å². The Labute approximate surface area is 192 Å². The Balaban J connectivity index is 2.08. The smallest absolute Gasteiger partial charge is 0.337 e. The summed E-state index contributed by atoms with van der Waals surface area (Å²) >= 11 is 6.88. The van der Waals surface area contributed by atoms with Crippen LogP contribution in [0.2, 0.25) is 5.02 Å². The van der Waals surface area contributed by atoms with Crippen LogP contribution in [0, 0.1) is 13.8 Å². The first-order valence-electron chi connectivity index (χ1n) is 10.6. The molecule has 6 nitrogen and oxygen atoms in total. The number of aromatic nitrogens is 1. The van der Waals surface area contributed by atoms with Crippen molar-refractivity contribution in [1.29, 1.82) is 0 Å². The van der Waals surface area contributed by atoms with Crippen molar-refractivity contribution in [2.75, 3.05) is 18.5 Å². The van der Waals surface area contributed by atoms with Crippen molar-refractivity contribution in [1.82, 2.24) is 4.98 Å². The highest BCUT2D eigenvalue weighted by Gasteiger charge is 2.33. The zero-order valence-corrected chi connectivity index (χ0v) is 19.6. The van der Waals surface area contributed by atoms with Crippen LogP contribution in [-0.4, -0.2) is 34.8 Å². The predicted octanol–water partition coefficient (Wildman–Crippen LogP) is 5.92. The number of rotatable bonds is 4. The molecule has 2 heterocycles. The molecule has 0 radical (unpaired) electrons. The molecule has 1 aliphatic heterocycles. The van der Waals surface area contributed by atoms with Gasteiger partial charge < -0.3 is 19.9 Å². The lowest BCUT2D eigenvalue weighted by atomic mass is 9.88. The number of nitrogens with one attached hydrogen (secondary N) is 1. The first-order chi connectivity index (χ1) is 15.1. The van der Waals surface area contributed by atoms with Gasteiger partial charge in [0.15, 0.2) is 6.10 Å². The lowest BCUT2D eigenvalue weighted by Gasteiger charge is -2.29. The van der Waals surface area contributed by atoms with Crippen LogP contribution < -0.4 is 10.1 Å². The van der Waals surface area contributed by atoms with Gasteiger partial charge in [-0.3, -0.25) is 4.98 Å². The third-order valence-electron chi connectivity index (χ3n) is 5.37. The second-order valence-electron chi connectivity index (χ2n) is 9.03. The number of aliphatic carboxylic acids is 1. The number of anilines is 1. The van der Waals surface area contributed by atoms with Gasteiger partial charge in [0.1, 0.15) is 12.4 Å². The molecule has 32 heavy (non-hydrogen) atoms. The zero-order chi connectivity index (χ0) is 23.2.